The minimum atomic E-state index is -1.000. The Kier molecular flexibility index (Phi) is 4.86. The van der Waals surface area contributed by atoms with Gasteiger partial charge in [-0.25, -0.2) is 0 Å². The molecule has 1 fully saturated rings. The van der Waals surface area contributed by atoms with Crippen LogP contribution in [0.4, 0.5) is 0 Å². The molecule has 0 saturated carbocycles. The van der Waals surface area contributed by atoms with E-state index < -0.39 is 11.4 Å². The first-order valence-corrected chi connectivity index (χ1v) is 7.49. The summed E-state index contributed by atoms with van der Waals surface area (Å²) in [6, 6.07) is 5.63. The Morgan fingerprint density at radius 1 is 1.36 bits per heavy atom. The molecule has 1 unspecified atom stereocenters. The second-order valence-corrected chi connectivity index (χ2v) is 6.10. The lowest BCUT2D eigenvalue weighted by atomic mass is 9.80. The number of nitrogens with zero attached hydrogens (tertiary/aromatic N) is 1. The number of carbonyl (C=O) groups is 2. The zero-order chi connectivity index (χ0) is 16.3. The third-order valence-electron chi connectivity index (χ3n) is 4.57. The topological polar surface area (TPSA) is 66.8 Å². The van der Waals surface area contributed by atoms with E-state index in [0.29, 0.717) is 24.9 Å². The van der Waals surface area contributed by atoms with Crippen LogP contribution in [0.15, 0.2) is 18.2 Å². The number of hydrogen-bond donors (Lipinski definition) is 1. The molecule has 22 heavy (non-hydrogen) atoms. The number of hydrogen-bond acceptors (Lipinski definition) is 3. The van der Waals surface area contributed by atoms with Crippen molar-refractivity contribution >= 4 is 11.9 Å². The van der Waals surface area contributed by atoms with E-state index in [4.69, 9.17) is 4.74 Å². The fourth-order valence-electron chi connectivity index (χ4n) is 3.09. The van der Waals surface area contributed by atoms with E-state index in [1.807, 2.05) is 26.0 Å². The summed E-state index contributed by atoms with van der Waals surface area (Å²) in [6.07, 6.45) is 1.21. The van der Waals surface area contributed by atoms with Crippen molar-refractivity contribution in [2.75, 3.05) is 26.8 Å². The summed E-state index contributed by atoms with van der Waals surface area (Å²) in [4.78, 5) is 26.1. The zero-order valence-corrected chi connectivity index (χ0v) is 13.4. The molecule has 1 saturated heterocycles. The summed E-state index contributed by atoms with van der Waals surface area (Å²) in [5.74, 6) is -0.990. The number of ether oxygens (including phenoxy) is 1. The maximum Gasteiger partial charge on any atom is 0.313 e. The standard InChI is InChI=1S/C17H23NO4/c1-12-6-4-7-14(13(12)2)15(19)18-9-5-8-17(10-18,11-22-3)16(20)21/h4,6-7H,5,8-11H2,1-3H3,(H,20,21). The molecule has 5 heteroatoms. The molecule has 1 atom stereocenters. The normalized spacial score (nSPS) is 21.7. The maximum absolute atomic E-state index is 12.8. The third-order valence-corrected chi connectivity index (χ3v) is 4.57. The first kappa shape index (κ1) is 16.5. The van der Waals surface area contributed by atoms with E-state index in [-0.39, 0.29) is 19.1 Å². The van der Waals surface area contributed by atoms with Gasteiger partial charge in [0.05, 0.1) is 6.61 Å². The SMILES string of the molecule is COCC1(C(=O)O)CCCN(C(=O)c2cccc(C)c2C)C1. The van der Waals surface area contributed by atoms with Gasteiger partial charge >= 0.3 is 5.97 Å². The van der Waals surface area contributed by atoms with E-state index in [2.05, 4.69) is 0 Å². The average Bonchev–Trinajstić information content (AvgIpc) is 2.50. The lowest BCUT2D eigenvalue weighted by Gasteiger charge is -2.39. The summed E-state index contributed by atoms with van der Waals surface area (Å²) in [5, 5.41) is 9.57. The van der Waals surface area contributed by atoms with Gasteiger partial charge < -0.3 is 14.7 Å². The fraction of sp³-hybridized carbons (Fsp3) is 0.529. The number of aliphatic carboxylic acids is 1. The molecule has 0 aliphatic carbocycles. The molecule has 1 aliphatic heterocycles. The van der Waals surface area contributed by atoms with Gasteiger partial charge in [-0.15, -0.1) is 0 Å². The summed E-state index contributed by atoms with van der Waals surface area (Å²) in [6.45, 7) is 4.80. The van der Waals surface area contributed by atoms with Crippen LogP contribution in [0.5, 0.6) is 0 Å². The van der Waals surface area contributed by atoms with Crippen molar-refractivity contribution in [3.05, 3.63) is 34.9 Å². The van der Waals surface area contributed by atoms with Gasteiger partial charge in [0.1, 0.15) is 5.41 Å². The number of carboxylic acids is 1. The monoisotopic (exact) mass is 305 g/mol. The molecule has 0 radical (unpaired) electrons. The van der Waals surface area contributed by atoms with Crippen LogP contribution in [-0.2, 0) is 9.53 Å². The zero-order valence-electron chi connectivity index (χ0n) is 13.4. The average molecular weight is 305 g/mol. The van der Waals surface area contributed by atoms with Gasteiger partial charge in [-0.2, -0.15) is 0 Å². The Bertz CT molecular complexity index is 580. The van der Waals surface area contributed by atoms with E-state index in [0.717, 1.165) is 11.1 Å². The van der Waals surface area contributed by atoms with Gasteiger partial charge in [0, 0.05) is 25.8 Å². The van der Waals surface area contributed by atoms with E-state index in [1.54, 1.807) is 11.0 Å². The highest BCUT2D eigenvalue weighted by molar-refractivity contribution is 5.96. The first-order chi connectivity index (χ1) is 10.4. The first-order valence-electron chi connectivity index (χ1n) is 7.49. The summed E-state index contributed by atoms with van der Waals surface area (Å²) in [7, 11) is 1.50. The number of aryl methyl sites for hydroxylation is 1. The molecule has 2 rings (SSSR count). The van der Waals surface area contributed by atoms with Crippen LogP contribution in [0.2, 0.25) is 0 Å². The lowest BCUT2D eigenvalue weighted by Crippen LogP contribution is -2.52. The summed E-state index contributed by atoms with van der Waals surface area (Å²) < 4.78 is 5.10. The molecule has 1 aromatic carbocycles. The molecule has 1 N–H and O–H groups in total. The molecule has 0 aromatic heterocycles. The number of benzene rings is 1. The molecule has 1 heterocycles. The van der Waals surface area contributed by atoms with E-state index >= 15 is 0 Å². The second kappa shape index (κ2) is 6.48. The number of amides is 1. The Labute approximate surface area is 130 Å². The Hall–Kier alpha value is -1.88. The van der Waals surface area contributed by atoms with Crippen molar-refractivity contribution in [1.82, 2.24) is 4.90 Å². The van der Waals surface area contributed by atoms with Crippen molar-refractivity contribution in [3.63, 3.8) is 0 Å². The van der Waals surface area contributed by atoms with Gasteiger partial charge in [-0.1, -0.05) is 12.1 Å². The Morgan fingerprint density at radius 3 is 2.73 bits per heavy atom. The molecule has 1 amide bonds. The number of rotatable bonds is 4. The predicted molar refractivity (Wildman–Crippen MR) is 83.0 cm³/mol. The van der Waals surface area contributed by atoms with E-state index in [9.17, 15) is 14.7 Å². The lowest BCUT2D eigenvalue weighted by molar-refractivity contribution is -0.155. The number of carbonyl (C=O) groups excluding carboxylic acids is 1. The van der Waals surface area contributed by atoms with Gasteiger partial charge in [-0.05, 0) is 43.9 Å². The van der Waals surface area contributed by atoms with Crippen molar-refractivity contribution < 1.29 is 19.4 Å². The molecule has 120 valence electrons. The fourth-order valence-corrected chi connectivity index (χ4v) is 3.09. The smallest absolute Gasteiger partial charge is 0.313 e. The molecule has 1 aliphatic rings. The molecular formula is C17H23NO4. The highest BCUT2D eigenvalue weighted by Gasteiger charge is 2.44. The maximum atomic E-state index is 12.8. The molecule has 1 aromatic rings. The van der Waals surface area contributed by atoms with E-state index in [1.165, 1.54) is 7.11 Å². The van der Waals surface area contributed by atoms with Crippen LogP contribution in [0.1, 0.15) is 34.3 Å². The van der Waals surface area contributed by atoms with Crippen molar-refractivity contribution in [2.45, 2.75) is 26.7 Å². The largest absolute Gasteiger partial charge is 0.481 e. The van der Waals surface area contributed by atoms with Crippen LogP contribution in [0.25, 0.3) is 0 Å². The van der Waals surface area contributed by atoms with Crippen molar-refractivity contribution in [1.29, 1.82) is 0 Å². The Balaban J connectivity index is 2.27. The number of methoxy groups -OCH3 is 1. The minimum absolute atomic E-state index is 0.0948. The van der Waals surface area contributed by atoms with Crippen LogP contribution < -0.4 is 0 Å². The number of carboxylic acid groups (broad SMARTS) is 1. The van der Waals surface area contributed by atoms with Gasteiger partial charge in [0.25, 0.3) is 5.91 Å². The quantitative estimate of drug-likeness (QED) is 0.926. The van der Waals surface area contributed by atoms with Gasteiger partial charge in [-0.3, -0.25) is 9.59 Å². The molecule has 0 bridgehead atoms. The van der Waals surface area contributed by atoms with Crippen LogP contribution in [0.3, 0.4) is 0 Å². The summed E-state index contributed by atoms with van der Waals surface area (Å²) >= 11 is 0. The predicted octanol–water partition coefficient (Wildman–Crippen LogP) is 2.26. The van der Waals surface area contributed by atoms with Crippen LogP contribution >= 0.6 is 0 Å². The summed E-state index contributed by atoms with van der Waals surface area (Å²) in [5.41, 5.74) is 1.66. The van der Waals surface area contributed by atoms with Crippen LogP contribution in [-0.4, -0.2) is 48.7 Å². The molecular weight excluding hydrogens is 282 g/mol. The highest BCUT2D eigenvalue weighted by atomic mass is 16.5. The minimum Gasteiger partial charge on any atom is -0.481 e. The van der Waals surface area contributed by atoms with Crippen molar-refractivity contribution in [2.24, 2.45) is 5.41 Å². The van der Waals surface area contributed by atoms with Gasteiger partial charge in [0.15, 0.2) is 0 Å². The number of piperidine rings is 1. The molecule has 0 spiro atoms. The molecule has 5 nitrogen and oxygen atoms in total. The third kappa shape index (κ3) is 2.99. The van der Waals surface area contributed by atoms with Crippen LogP contribution in [0, 0.1) is 19.3 Å². The second-order valence-electron chi connectivity index (χ2n) is 6.10. The van der Waals surface area contributed by atoms with Crippen molar-refractivity contribution in [3.8, 4) is 0 Å². The Morgan fingerprint density at radius 2 is 2.09 bits per heavy atom. The number of likely N-dealkylation sites (tertiary alicyclic amines) is 1. The highest BCUT2D eigenvalue weighted by Crippen LogP contribution is 2.32. The van der Waals surface area contributed by atoms with Gasteiger partial charge in [0.2, 0.25) is 0 Å².